The Morgan fingerprint density at radius 1 is 1.80 bits per heavy atom. The lowest BCUT2D eigenvalue weighted by molar-refractivity contribution is -0.144. The van der Waals surface area contributed by atoms with Crippen molar-refractivity contribution >= 4 is 5.97 Å². The van der Waals surface area contributed by atoms with Crippen molar-refractivity contribution in [2.24, 2.45) is 5.92 Å². The van der Waals surface area contributed by atoms with E-state index in [9.17, 15) is 4.79 Å². The van der Waals surface area contributed by atoms with Crippen LogP contribution in [0.5, 0.6) is 0 Å². The van der Waals surface area contributed by atoms with Crippen LogP contribution in [0.4, 0.5) is 0 Å². The molecule has 0 aliphatic heterocycles. The van der Waals surface area contributed by atoms with Gasteiger partial charge in [-0.25, -0.2) is 0 Å². The molecule has 0 aromatic carbocycles. The first-order valence-corrected chi connectivity index (χ1v) is 3.01. The van der Waals surface area contributed by atoms with E-state index in [0.717, 1.165) is 0 Å². The Balaban J connectivity index is 4.00. The van der Waals surface area contributed by atoms with Crippen molar-refractivity contribution in [2.75, 3.05) is 7.11 Å². The predicted molar refractivity (Wildman–Crippen MR) is 37.8 cm³/mol. The van der Waals surface area contributed by atoms with E-state index >= 15 is 0 Å². The molecule has 2 atom stereocenters. The molecule has 0 heterocycles. The molecule has 0 spiro atoms. The molecule has 10 heavy (non-hydrogen) atoms. The van der Waals surface area contributed by atoms with E-state index < -0.39 is 18.0 Å². The van der Waals surface area contributed by atoms with Crippen LogP contribution in [0.1, 0.15) is 6.92 Å². The Morgan fingerprint density at radius 2 is 2.30 bits per heavy atom. The van der Waals surface area contributed by atoms with Crippen LogP contribution < -0.4 is 0 Å². The molecule has 0 aromatic heterocycles. The Kier molecular flexibility index (Phi) is 3.72. The van der Waals surface area contributed by atoms with E-state index in [1.54, 1.807) is 6.92 Å². The van der Waals surface area contributed by atoms with Gasteiger partial charge in [0.2, 0.25) is 0 Å². The largest absolute Gasteiger partial charge is 0.481 e. The zero-order valence-corrected chi connectivity index (χ0v) is 6.20. The first-order chi connectivity index (χ1) is 4.63. The summed E-state index contributed by atoms with van der Waals surface area (Å²) in [5.41, 5.74) is 0. The summed E-state index contributed by atoms with van der Waals surface area (Å²) in [6, 6.07) is 0. The summed E-state index contributed by atoms with van der Waals surface area (Å²) in [5.74, 6) is -1.39. The molecule has 0 saturated heterocycles. The number of rotatable bonds is 4. The highest BCUT2D eigenvalue weighted by atomic mass is 16.5. The maximum Gasteiger partial charge on any atom is 0.309 e. The third-order valence-corrected chi connectivity index (χ3v) is 1.39. The van der Waals surface area contributed by atoms with Crippen LogP contribution >= 0.6 is 0 Å². The standard InChI is InChI=1S/C7H12O3/c1-4-6(10-3)5(2)7(8)9/h4-6H,1H2,2-3H3,(H,8,9)/t5-,6-/m0/s1. The Labute approximate surface area is 60.3 Å². The zero-order chi connectivity index (χ0) is 8.15. The minimum atomic E-state index is -0.869. The molecule has 58 valence electrons. The molecule has 0 fully saturated rings. The van der Waals surface area contributed by atoms with Gasteiger partial charge in [-0.15, -0.1) is 6.58 Å². The highest BCUT2D eigenvalue weighted by molar-refractivity contribution is 5.70. The molecule has 0 rings (SSSR count). The summed E-state index contributed by atoms with van der Waals surface area (Å²) in [7, 11) is 1.46. The van der Waals surface area contributed by atoms with Gasteiger partial charge in [0.15, 0.2) is 0 Å². The van der Waals surface area contributed by atoms with Crippen molar-refractivity contribution in [1.82, 2.24) is 0 Å². The Bertz CT molecular complexity index is 131. The molecule has 0 amide bonds. The first kappa shape index (κ1) is 9.17. The zero-order valence-electron chi connectivity index (χ0n) is 6.20. The SMILES string of the molecule is C=C[C@H](OC)[C@H](C)C(=O)O. The van der Waals surface area contributed by atoms with Gasteiger partial charge < -0.3 is 9.84 Å². The van der Waals surface area contributed by atoms with Crippen LogP contribution in [0.15, 0.2) is 12.7 Å². The summed E-state index contributed by atoms with van der Waals surface area (Å²) in [5, 5.41) is 8.49. The van der Waals surface area contributed by atoms with Crippen LogP contribution in [-0.4, -0.2) is 24.3 Å². The van der Waals surface area contributed by atoms with Crippen molar-refractivity contribution in [1.29, 1.82) is 0 Å². The van der Waals surface area contributed by atoms with Crippen molar-refractivity contribution in [3.63, 3.8) is 0 Å². The molecule has 0 aliphatic carbocycles. The lowest BCUT2D eigenvalue weighted by atomic mass is 10.1. The van der Waals surface area contributed by atoms with Gasteiger partial charge in [0.25, 0.3) is 0 Å². The van der Waals surface area contributed by atoms with E-state index in [-0.39, 0.29) is 0 Å². The third kappa shape index (κ3) is 2.19. The second-order valence-electron chi connectivity index (χ2n) is 2.06. The number of hydrogen-bond acceptors (Lipinski definition) is 2. The van der Waals surface area contributed by atoms with Gasteiger partial charge in [-0.1, -0.05) is 6.08 Å². The summed E-state index contributed by atoms with van der Waals surface area (Å²) in [4.78, 5) is 10.3. The van der Waals surface area contributed by atoms with Gasteiger partial charge in [-0.05, 0) is 6.92 Å². The molecule has 0 radical (unpaired) electrons. The second-order valence-corrected chi connectivity index (χ2v) is 2.06. The first-order valence-electron chi connectivity index (χ1n) is 3.01. The van der Waals surface area contributed by atoms with Crippen molar-refractivity contribution in [2.45, 2.75) is 13.0 Å². The molecule has 3 nitrogen and oxygen atoms in total. The van der Waals surface area contributed by atoms with Crippen molar-refractivity contribution < 1.29 is 14.6 Å². The lowest BCUT2D eigenvalue weighted by Crippen LogP contribution is -2.25. The fourth-order valence-corrected chi connectivity index (χ4v) is 0.645. The van der Waals surface area contributed by atoms with Gasteiger partial charge in [0.1, 0.15) is 0 Å². The lowest BCUT2D eigenvalue weighted by Gasteiger charge is -2.13. The minimum absolute atomic E-state index is 0.391. The van der Waals surface area contributed by atoms with Gasteiger partial charge in [-0.2, -0.15) is 0 Å². The number of carboxylic acid groups (broad SMARTS) is 1. The summed E-state index contributed by atoms with van der Waals surface area (Å²) < 4.78 is 4.82. The molecule has 0 aliphatic rings. The van der Waals surface area contributed by atoms with Crippen LogP contribution in [-0.2, 0) is 9.53 Å². The third-order valence-electron chi connectivity index (χ3n) is 1.39. The topological polar surface area (TPSA) is 46.5 Å². The molecule has 1 N–H and O–H groups in total. The fourth-order valence-electron chi connectivity index (χ4n) is 0.645. The van der Waals surface area contributed by atoms with Gasteiger partial charge in [0.05, 0.1) is 12.0 Å². The molecule has 0 unspecified atom stereocenters. The summed E-state index contributed by atoms with van der Waals surface area (Å²) >= 11 is 0. The molecular weight excluding hydrogens is 132 g/mol. The summed E-state index contributed by atoms with van der Waals surface area (Å²) in [6.45, 7) is 5.03. The number of carboxylic acids is 1. The van der Waals surface area contributed by atoms with Gasteiger partial charge in [0, 0.05) is 7.11 Å². The summed E-state index contributed by atoms with van der Waals surface area (Å²) in [6.07, 6.45) is 1.09. The van der Waals surface area contributed by atoms with E-state index in [0.29, 0.717) is 0 Å². The fraction of sp³-hybridized carbons (Fsp3) is 0.571. The smallest absolute Gasteiger partial charge is 0.309 e. The number of methoxy groups -OCH3 is 1. The monoisotopic (exact) mass is 144 g/mol. The molecular formula is C7H12O3. The van der Waals surface area contributed by atoms with Crippen molar-refractivity contribution in [3.8, 4) is 0 Å². The maximum atomic E-state index is 10.3. The molecule has 0 saturated carbocycles. The van der Waals surface area contributed by atoms with Crippen LogP contribution in [0.2, 0.25) is 0 Å². The molecule has 3 heteroatoms. The van der Waals surface area contributed by atoms with Crippen molar-refractivity contribution in [3.05, 3.63) is 12.7 Å². The van der Waals surface area contributed by atoms with E-state index in [1.165, 1.54) is 13.2 Å². The number of hydrogen-bond donors (Lipinski definition) is 1. The Hall–Kier alpha value is -0.830. The predicted octanol–water partition coefficient (Wildman–Crippen LogP) is 0.908. The van der Waals surface area contributed by atoms with Gasteiger partial charge >= 0.3 is 5.97 Å². The number of ether oxygens (including phenoxy) is 1. The normalized spacial score (nSPS) is 15.8. The van der Waals surface area contributed by atoms with Crippen LogP contribution in [0, 0.1) is 5.92 Å². The van der Waals surface area contributed by atoms with Crippen LogP contribution in [0.3, 0.4) is 0 Å². The minimum Gasteiger partial charge on any atom is -0.481 e. The maximum absolute atomic E-state index is 10.3. The highest BCUT2D eigenvalue weighted by Gasteiger charge is 2.19. The molecule has 0 aromatic rings. The van der Waals surface area contributed by atoms with E-state index in [2.05, 4.69) is 6.58 Å². The van der Waals surface area contributed by atoms with E-state index in [1.807, 2.05) is 0 Å². The quantitative estimate of drug-likeness (QED) is 0.596. The van der Waals surface area contributed by atoms with Crippen LogP contribution in [0.25, 0.3) is 0 Å². The Morgan fingerprint density at radius 3 is 2.40 bits per heavy atom. The second kappa shape index (κ2) is 4.06. The average molecular weight is 144 g/mol. The number of carbonyl (C=O) groups is 1. The van der Waals surface area contributed by atoms with Gasteiger partial charge in [-0.3, -0.25) is 4.79 Å². The molecule has 0 bridgehead atoms. The number of aliphatic carboxylic acids is 1. The highest BCUT2D eigenvalue weighted by Crippen LogP contribution is 2.06. The average Bonchev–Trinajstić information content (AvgIpc) is 1.90. The van der Waals surface area contributed by atoms with E-state index in [4.69, 9.17) is 9.84 Å².